The first-order valence-electron chi connectivity index (χ1n) is 9.72. The molecule has 2 aromatic heterocycles. The fraction of sp³-hybridized carbons (Fsp3) is 0.400. The molecule has 0 bridgehead atoms. The molecule has 3 N–H and O–H groups in total. The van der Waals surface area contributed by atoms with E-state index in [4.69, 9.17) is 10.5 Å². The molecule has 1 atom stereocenters. The van der Waals surface area contributed by atoms with Crippen LogP contribution in [0.3, 0.4) is 0 Å². The fourth-order valence-electron chi connectivity index (χ4n) is 3.60. The number of hydrogen-bond donors (Lipinski definition) is 2. The van der Waals surface area contributed by atoms with Crippen LogP contribution in [0, 0.1) is 12.8 Å². The van der Waals surface area contributed by atoms with Gasteiger partial charge in [-0.2, -0.15) is 0 Å². The molecule has 1 aliphatic heterocycles. The number of anilines is 4. The summed E-state index contributed by atoms with van der Waals surface area (Å²) in [5.41, 5.74) is 8.95. The van der Waals surface area contributed by atoms with Crippen molar-refractivity contribution in [3.05, 3.63) is 30.1 Å². The highest BCUT2D eigenvalue weighted by Crippen LogP contribution is 2.34. The number of piperidine rings is 1. The lowest BCUT2D eigenvalue weighted by atomic mass is 9.98. The number of carbonyl (C=O) groups excluding carboxylic acids is 1. The lowest BCUT2D eigenvalue weighted by Gasteiger charge is -2.33. The molecule has 8 nitrogen and oxygen atoms in total. The molecule has 3 aromatic rings. The third-order valence-corrected chi connectivity index (χ3v) is 5.99. The number of rotatable bonds is 5. The van der Waals surface area contributed by atoms with E-state index >= 15 is 0 Å². The van der Waals surface area contributed by atoms with Crippen molar-refractivity contribution >= 4 is 50.0 Å². The second-order valence-corrected chi connectivity index (χ2v) is 8.09. The zero-order valence-electron chi connectivity index (χ0n) is 16.5. The summed E-state index contributed by atoms with van der Waals surface area (Å²) in [7, 11) is 0. The van der Waals surface area contributed by atoms with Gasteiger partial charge in [0.05, 0.1) is 22.7 Å². The number of benzene rings is 1. The molecule has 29 heavy (non-hydrogen) atoms. The highest BCUT2D eigenvalue weighted by atomic mass is 32.1. The number of carbonyl (C=O) groups is 1. The van der Waals surface area contributed by atoms with Crippen LogP contribution in [0.1, 0.15) is 25.3 Å². The maximum absolute atomic E-state index is 12.1. The van der Waals surface area contributed by atoms with Gasteiger partial charge >= 0.3 is 5.97 Å². The monoisotopic (exact) mass is 412 g/mol. The maximum Gasteiger partial charge on any atom is 0.310 e. The Hall–Kier alpha value is -2.94. The first kappa shape index (κ1) is 19.4. The molecule has 1 aromatic carbocycles. The van der Waals surface area contributed by atoms with Crippen LogP contribution >= 0.6 is 11.3 Å². The molecule has 3 heterocycles. The number of nitrogens with zero attached hydrogens (tertiary/aromatic N) is 4. The van der Waals surface area contributed by atoms with Gasteiger partial charge in [0.2, 0.25) is 0 Å². The molecule has 1 unspecified atom stereocenters. The second-order valence-electron chi connectivity index (χ2n) is 7.06. The fourth-order valence-corrected chi connectivity index (χ4v) is 4.54. The summed E-state index contributed by atoms with van der Waals surface area (Å²) in [5.74, 6) is 0.827. The number of hydrogen-bond acceptors (Lipinski definition) is 9. The number of nitrogen functional groups attached to an aromatic ring is 1. The van der Waals surface area contributed by atoms with Crippen molar-refractivity contribution in [2.75, 3.05) is 35.6 Å². The van der Waals surface area contributed by atoms with E-state index in [-0.39, 0.29) is 11.9 Å². The zero-order valence-corrected chi connectivity index (χ0v) is 17.3. The minimum absolute atomic E-state index is 0.159. The molecule has 0 radical (unpaired) electrons. The number of nitrogens with one attached hydrogen (secondary N) is 1. The highest BCUT2D eigenvalue weighted by molar-refractivity contribution is 7.22. The Morgan fingerprint density at radius 3 is 3.07 bits per heavy atom. The normalized spacial score (nSPS) is 16.8. The van der Waals surface area contributed by atoms with Gasteiger partial charge < -0.3 is 20.7 Å². The first-order chi connectivity index (χ1) is 14.1. The predicted octanol–water partition coefficient (Wildman–Crippen LogP) is 3.50. The van der Waals surface area contributed by atoms with E-state index in [0.29, 0.717) is 30.5 Å². The summed E-state index contributed by atoms with van der Waals surface area (Å²) in [5, 5.41) is 3.97. The topological polar surface area (TPSA) is 106 Å². The van der Waals surface area contributed by atoms with Crippen molar-refractivity contribution in [3.63, 3.8) is 0 Å². The van der Waals surface area contributed by atoms with Gasteiger partial charge in [-0.05, 0) is 38.3 Å². The lowest BCUT2D eigenvalue weighted by molar-refractivity contribution is -0.148. The van der Waals surface area contributed by atoms with E-state index in [2.05, 4.69) is 20.3 Å². The van der Waals surface area contributed by atoms with Crippen LogP contribution in [0.4, 0.5) is 22.5 Å². The van der Waals surface area contributed by atoms with Gasteiger partial charge in [-0.25, -0.2) is 15.0 Å². The lowest BCUT2D eigenvalue weighted by Crippen LogP contribution is -2.40. The van der Waals surface area contributed by atoms with Crippen LogP contribution in [-0.2, 0) is 9.53 Å². The van der Waals surface area contributed by atoms with E-state index in [1.165, 1.54) is 6.33 Å². The summed E-state index contributed by atoms with van der Waals surface area (Å²) in [4.78, 5) is 27.5. The Labute approximate surface area is 173 Å². The average molecular weight is 413 g/mol. The summed E-state index contributed by atoms with van der Waals surface area (Å²) < 4.78 is 6.29. The van der Waals surface area contributed by atoms with Crippen molar-refractivity contribution in [2.24, 2.45) is 5.92 Å². The molecule has 0 amide bonds. The summed E-state index contributed by atoms with van der Waals surface area (Å²) in [6.45, 7) is 5.58. The molecular formula is C20H24N6O2S. The molecule has 4 rings (SSSR count). The Morgan fingerprint density at radius 2 is 2.28 bits per heavy atom. The number of nitrogens with two attached hydrogens (primary N) is 1. The second kappa shape index (κ2) is 8.20. The van der Waals surface area contributed by atoms with Crippen LogP contribution in [-0.4, -0.2) is 40.6 Å². The molecule has 152 valence electrons. The summed E-state index contributed by atoms with van der Waals surface area (Å²) in [6, 6.07) is 6.11. The number of fused-ring (bicyclic) bond motifs is 1. The summed E-state index contributed by atoms with van der Waals surface area (Å²) in [6.07, 6.45) is 3.18. The van der Waals surface area contributed by atoms with Crippen LogP contribution in [0.25, 0.3) is 10.2 Å². The minimum atomic E-state index is -0.165. The Balaban J connectivity index is 1.56. The molecule has 1 fully saturated rings. The Kier molecular flexibility index (Phi) is 5.48. The number of aryl methyl sites for hydroxylation is 1. The van der Waals surface area contributed by atoms with Crippen molar-refractivity contribution < 1.29 is 9.53 Å². The van der Waals surface area contributed by atoms with Crippen LogP contribution in [0.2, 0.25) is 0 Å². The number of para-hydroxylation sites is 1. The average Bonchev–Trinajstić information content (AvgIpc) is 3.14. The molecule has 0 spiro atoms. The van der Waals surface area contributed by atoms with Gasteiger partial charge in [0.25, 0.3) is 0 Å². The maximum atomic E-state index is 12.1. The molecular weight excluding hydrogens is 388 g/mol. The minimum Gasteiger partial charge on any atom is -0.466 e. The standard InChI is InChI=1S/C20H24N6O2S/c1-3-28-19(27)13-7-5-9-26(10-13)18-15(21)17(22-11-23-18)25-20-24-16-12(2)6-4-8-14(16)29-20/h4,6,8,11,13H,3,5,7,9-10,21H2,1-2H3,(H,22,23,24,25). The highest BCUT2D eigenvalue weighted by Gasteiger charge is 2.29. The van der Waals surface area contributed by atoms with Gasteiger partial charge in [0.15, 0.2) is 16.8 Å². The smallest absolute Gasteiger partial charge is 0.310 e. The van der Waals surface area contributed by atoms with Crippen LogP contribution in [0.15, 0.2) is 24.5 Å². The Bertz CT molecular complexity index is 1040. The third kappa shape index (κ3) is 3.95. The predicted molar refractivity (Wildman–Crippen MR) is 116 cm³/mol. The SMILES string of the molecule is CCOC(=O)C1CCCN(c2ncnc(Nc3nc4c(C)cccc4s3)c2N)C1. The van der Waals surface area contributed by atoms with Gasteiger partial charge in [-0.1, -0.05) is 23.5 Å². The molecule has 1 saturated heterocycles. The number of ether oxygens (including phenoxy) is 1. The van der Waals surface area contributed by atoms with Crippen molar-refractivity contribution in [1.82, 2.24) is 15.0 Å². The van der Waals surface area contributed by atoms with Gasteiger partial charge in [0.1, 0.15) is 12.0 Å². The molecule has 9 heteroatoms. The summed E-state index contributed by atoms with van der Waals surface area (Å²) >= 11 is 1.55. The van der Waals surface area contributed by atoms with Crippen LogP contribution in [0.5, 0.6) is 0 Å². The zero-order chi connectivity index (χ0) is 20.4. The van der Waals surface area contributed by atoms with E-state index < -0.39 is 0 Å². The van der Waals surface area contributed by atoms with Gasteiger partial charge in [0, 0.05) is 13.1 Å². The van der Waals surface area contributed by atoms with E-state index in [9.17, 15) is 4.79 Å². The largest absolute Gasteiger partial charge is 0.466 e. The third-order valence-electron chi connectivity index (χ3n) is 5.05. The van der Waals surface area contributed by atoms with Crippen molar-refractivity contribution in [3.8, 4) is 0 Å². The van der Waals surface area contributed by atoms with Crippen molar-refractivity contribution in [2.45, 2.75) is 26.7 Å². The van der Waals surface area contributed by atoms with Gasteiger partial charge in [-0.15, -0.1) is 0 Å². The van der Waals surface area contributed by atoms with Crippen LogP contribution < -0.4 is 16.0 Å². The number of aromatic nitrogens is 3. The molecule has 0 aliphatic carbocycles. The van der Waals surface area contributed by atoms with Crippen molar-refractivity contribution in [1.29, 1.82) is 0 Å². The van der Waals surface area contributed by atoms with E-state index in [1.54, 1.807) is 11.3 Å². The van der Waals surface area contributed by atoms with E-state index in [0.717, 1.165) is 40.3 Å². The molecule has 0 saturated carbocycles. The Morgan fingerprint density at radius 1 is 1.41 bits per heavy atom. The number of thiazole rings is 1. The first-order valence-corrected chi connectivity index (χ1v) is 10.5. The number of esters is 1. The quantitative estimate of drug-likeness (QED) is 0.613. The molecule has 1 aliphatic rings. The van der Waals surface area contributed by atoms with Gasteiger partial charge in [-0.3, -0.25) is 4.79 Å². The van der Waals surface area contributed by atoms with E-state index in [1.807, 2.05) is 36.9 Å².